The Bertz CT molecular complexity index is 926. The van der Waals surface area contributed by atoms with Gasteiger partial charge in [-0.25, -0.2) is 4.79 Å². The number of likely N-dealkylation sites (tertiary alicyclic amines) is 1. The highest BCUT2D eigenvalue weighted by molar-refractivity contribution is 5.90. The third kappa shape index (κ3) is 4.66. The molecule has 0 radical (unpaired) electrons. The van der Waals surface area contributed by atoms with Crippen molar-refractivity contribution in [1.29, 1.82) is 0 Å². The van der Waals surface area contributed by atoms with Gasteiger partial charge in [-0.1, -0.05) is 30.3 Å². The number of anilines is 1. The van der Waals surface area contributed by atoms with Crippen molar-refractivity contribution in [3.05, 3.63) is 60.2 Å². The molecule has 1 heterocycles. The Hall–Kier alpha value is -3.06. The van der Waals surface area contributed by atoms with Crippen LogP contribution in [0, 0.1) is 5.92 Å². The van der Waals surface area contributed by atoms with E-state index >= 15 is 0 Å². The van der Waals surface area contributed by atoms with Crippen molar-refractivity contribution in [2.45, 2.75) is 43.9 Å². The van der Waals surface area contributed by atoms with Gasteiger partial charge in [-0.2, -0.15) is 0 Å². The average Bonchev–Trinajstić information content (AvgIpc) is 3.61. The molecule has 4 rings (SSSR count). The van der Waals surface area contributed by atoms with E-state index in [1.54, 1.807) is 43.2 Å². The number of carbonyl (C=O) groups excluding carboxylic acids is 2. The first-order chi connectivity index (χ1) is 14.9. The number of methoxy groups -OCH3 is 1. The fourth-order valence-electron chi connectivity index (χ4n) is 4.13. The number of hydrogen-bond acceptors (Lipinski definition) is 4. The molecule has 3 N–H and O–H groups in total. The molecule has 164 valence electrons. The molecule has 3 atom stereocenters. The van der Waals surface area contributed by atoms with Gasteiger partial charge in [0.05, 0.1) is 24.8 Å². The van der Waals surface area contributed by atoms with Crippen LogP contribution in [0.4, 0.5) is 10.5 Å². The lowest BCUT2D eigenvalue weighted by Gasteiger charge is -2.49. The van der Waals surface area contributed by atoms with Crippen LogP contribution in [0.5, 0.6) is 5.75 Å². The third-order valence-corrected chi connectivity index (χ3v) is 6.17. The van der Waals surface area contributed by atoms with Crippen molar-refractivity contribution >= 4 is 17.6 Å². The Morgan fingerprint density at radius 1 is 1.10 bits per heavy atom. The number of aliphatic hydroxyl groups is 1. The molecule has 2 aliphatic rings. The lowest BCUT2D eigenvalue weighted by Crippen LogP contribution is -2.64. The largest absolute Gasteiger partial charge is 0.497 e. The highest BCUT2D eigenvalue weighted by atomic mass is 16.5. The number of nitrogens with zero attached hydrogens (tertiary/aromatic N) is 1. The molecule has 1 saturated carbocycles. The van der Waals surface area contributed by atoms with Gasteiger partial charge in [0.2, 0.25) is 5.91 Å². The Kier molecular flexibility index (Phi) is 5.87. The van der Waals surface area contributed by atoms with Crippen molar-refractivity contribution in [1.82, 2.24) is 10.2 Å². The molecule has 0 spiro atoms. The zero-order valence-corrected chi connectivity index (χ0v) is 17.9. The standard InChI is InChI=1S/C24H29N3O4/c1-24(30)14-15-27(23(29)25-18-10-12-19(31-2)13-11-18)20(16-6-4-3-5-7-16)21(24)26-22(28)17-8-9-17/h3-7,10-13,17,20-21,30H,8-9,14-15H2,1-2H3,(H,25,29)(H,26,28)/t20-,21-,24+/m0/s1. The number of rotatable bonds is 5. The van der Waals surface area contributed by atoms with E-state index in [0.29, 0.717) is 24.4 Å². The summed E-state index contributed by atoms with van der Waals surface area (Å²) >= 11 is 0. The number of ether oxygens (including phenoxy) is 1. The Labute approximate surface area is 182 Å². The number of piperidine rings is 1. The summed E-state index contributed by atoms with van der Waals surface area (Å²) in [5.41, 5.74) is 0.379. The molecule has 2 aromatic carbocycles. The van der Waals surface area contributed by atoms with Crippen LogP contribution in [-0.2, 0) is 4.79 Å². The number of carbonyl (C=O) groups is 2. The number of nitrogens with one attached hydrogen (secondary N) is 2. The van der Waals surface area contributed by atoms with Crippen LogP contribution in [-0.4, -0.2) is 47.2 Å². The number of amides is 3. The van der Waals surface area contributed by atoms with Crippen molar-refractivity contribution in [3.63, 3.8) is 0 Å². The topological polar surface area (TPSA) is 90.9 Å². The van der Waals surface area contributed by atoms with Crippen LogP contribution in [0.2, 0.25) is 0 Å². The molecule has 3 amide bonds. The molecule has 0 unspecified atom stereocenters. The molecule has 1 aliphatic heterocycles. The zero-order valence-electron chi connectivity index (χ0n) is 17.9. The Morgan fingerprint density at radius 3 is 2.39 bits per heavy atom. The maximum absolute atomic E-state index is 13.3. The molecule has 0 bridgehead atoms. The fraction of sp³-hybridized carbons (Fsp3) is 0.417. The summed E-state index contributed by atoms with van der Waals surface area (Å²) in [7, 11) is 1.59. The summed E-state index contributed by atoms with van der Waals surface area (Å²) in [6.45, 7) is 2.10. The summed E-state index contributed by atoms with van der Waals surface area (Å²) in [5, 5.41) is 17.2. The highest BCUT2D eigenvalue weighted by Crippen LogP contribution is 2.38. The molecular weight excluding hydrogens is 394 g/mol. The van der Waals surface area contributed by atoms with Crippen molar-refractivity contribution in [2.24, 2.45) is 5.92 Å². The SMILES string of the molecule is COc1ccc(NC(=O)N2CC[C@@](C)(O)[C@@H](NC(=O)C3CC3)[C@@H]2c2ccccc2)cc1. The second-order valence-corrected chi connectivity index (χ2v) is 8.58. The van der Waals surface area contributed by atoms with E-state index in [1.807, 2.05) is 30.3 Å². The van der Waals surface area contributed by atoms with E-state index in [4.69, 9.17) is 4.74 Å². The lowest BCUT2D eigenvalue weighted by atomic mass is 9.79. The minimum atomic E-state index is -1.14. The van der Waals surface area contributed by atoms with Crippen molar-refractivity contribution < 1.29 is 19.4 Å². The van der Waals surface area contributed by atoms with Gasteiger partial charge < -0.3 is 25.4 Å². The molecule has 0 aromatic heterocycles. The number of hydrogen-bond donors (Lipinski definition) is 3. The molecule has 31 heavy (non-hydrogen) atoms. The maximum Gasteiger partial charge on any atom is 0.322 e. The van der Waals surface area contributed by atoms with E-state index in [9.17, 15) is 14.7 Å². The summed E-state index contributed by atoms with van der Waals surface area (Å²) in [5.74, 6) is 0.663. The molecular formula is C24H29N3O4. The third-order valence-electron chi connectivity index (χ3n) is 6.17. The quantitative estimate of drug-likeness (QED) is 0.688. The van der Waals surface area contributed by atoms with E-state index < -0.39 is 17.7 Å². The van der Waals surface area contributed by atoms with Crippen molar-refractivity contribution in [2.75, 3.05) is 19.0 Å². The molecule has 2 fully saturated rings. The van der Waals surface area contributed by atoms with E-state index in [-0.39, 0.29) is 17.9 Å². The molecule has 7 nitrogen and oxygen atoms in total. The van der Waals surface area contributed by atoms with Crippen LogP contribution in [0.25, 0.3) is 0 Å². The fourth-order valence-corrected chi connectivity index (χ4v) is 4.13. The van der Waals surface area contributed by atoms with Gasteiger partial charge in [-0.05, 0) is 56.0 Å². The van der Waals surface area contributed by atoms with Gasteiger partial charge in [0, 0.05) is 18.2 Å². The van der Waals surface area contributed by atoms with Crippen LogP contribution in [0.1, 0.15) is 37.8 Å². The molecule has 2 aromatic rings. The smallest absolute Gasteiger partial charge is 0.322 e. The Balaban J connectivity index is 1.62. The average molecular weight is 424 g/mol. The van der Waals surface area contributed by atoms with Crippen LogP contribution < -0.4 is 15.4 Å². The highest BCUT2D eigenvalue weighted by Gasteiger charge is 2.48. The summed E-state index contributed by atoms with van der Waals surface area (Å²) in [4.78, 5) is 27.6. The second-order valence-electron chi connectivity index (χ2n) is 8.58. The summed E-state index contributed by atoms with van der Waals surface area (Å²) in [6.07, 6.45) is 2.11. The van der Waals surface area contributed by atoms with Gasteiger partial charge in [0.25, 0.3) is 0 Å². The first kappa shape index (κ1) is 21.2. The van der Waals surface area contributed by atoms with Gasteiger partial charge in [-0.3, -0.25) is 4.79 Å². The minimum absolute atomic E-state index is 0.00993. The van der Waals surface area contributed by atoms with E-state index in [1.165, 1.54) is 0 Å². The van der Waals surface area contributed by atoms with E-state index in [2.05, 4.69) is 10.6 Å². The summed E-state index contributed by atoms with van der Waals surface area (Å²) < 4.78 is 5.17. The van der Waals surface area contributed by atoms with Gasteiger partial charge in [0.1, 0.15) is 5.75 Å². The van der Waals surface area contributed by atoms with Crippen LogP contribution in [0.3, 0.4) is 0 Å². The molecule has 1 aliphatic carbocycles. The predicted octanol–water partition coefficient (Wildman–Crippen LogP) is 3.32. The van der Waals surface area contributed by atoms with Crippen LogP contribution in [0.15, 0.2) is 54.6 Å². The van der Waals surface area contributed by atoms with Crippen molar-refractivity contribution in [3.8, 4) is 5.75 Å². The van der Waals surface area contributed by atoms with Gasteiger partial charge in [-0.15, -0.1) is 0 Å². The van der Waals surface area contributed by atoms with E-state index in [0.717, 1.165) is 18.4 Å². The minimum Gasteiger partial charge on any atom is -0.497 e. The Morgan fingerprint density at radius 2 is 1.77 bits per heavy atom. The first-order valence-corrected chi connectivity index (χ1v) is 10.7. The predicted molar refractivity (Wildman–Crippen MR) is 118 cm³/mol. The van der Waals surface area contributed by atoms with Gasteiger partial charge in [0.15, 0.2) is 0 Å². The number of benzene rings is 2. The normalized spacial score (nSPS) is 25.6. The zero-order chi connectivity index (χ0) is 22.0. The van der Waals surface area contributed by atoms with Gasteiger partial charge >= 0.3 is 6.03 Å². The lowest BCUT2D eigenvalue weighted by molar-refractivity contribution is -0.128. The second kappa shape index (κ2) is 8.59. The monoisotopic (exact) mass is 423 g/mol. The maximum atomic E-state index is 13.3. The molecule has 7 heteroatoms. The van der Waals surface area contributed by atoms with Crippen LogP contribution >= 0.6 is 0 Å². The molecule has 1 saturated heterocycles. The summed E-state index contributed by atoms with van der Waals surface area (Å²) in [6, 6.07) is 15.3. The number of urea groups is 1. The first-order valence-electron chi connectivity index (χ1n) is 10.7.